The number of anilines is 1. The highest BCUT2D eigenvalue weighted by molar-refractivity contribution is 7.88. The summed E-state index contributed by atoms with van der Waals surface area (Å²) in [4.78, 5) is 27.5. The van der Waals surface area contributed by atoms with E-state index in [1.807, 2.05) is 20.8 Å². The van der Waals surface area contributed by atoms with Gasteiger partial charge in [-0.3, -0.25) is 14.6 Å². The fourth-order valence-electron chi connectivity index (χ4n) is 3.77. The summed E-state index contributed by atoms with van der Waals surface area (Å²) in [5.41, 5.74) is 1.92. The first kappa shape index (κ1) is 28.5. The molecule has 0 unspecified atom stereocenters. The summed E-state index contributed by atoms with van der Waals surface area (Å²) in [7, 11) is -1.62. The Morgan fingerprint density at radius 3 is 2.37 bits per heavy atom. The minimum absolute atomic E-state index is 0.0428. The Kier molecular flexibility index (Phi) is 10.5. The molecule has 35 heavy (non-hydrogen) atoms. The van der Waals surface area contributed by atoms with Gasteiger partial charge in [-0.05, 0) is 24.6 Å². The van der Waals surface area contributed by atoms with E-state index in [-0.39, 0.29) is 24.9 Å². The average Bonchev–Trinajstić information content (AvgIpc) is 2.80. The van der Waals surface area contributed by atoms with E-state index in [1.54, 1.807) is 35.2 Å². The van der Waals surface area contributed by atoms with Crippen LogP contribution in [0.15, 0.2) is 18.2 Å². The molecule has 194 valence electrons. The highest BCUT2D eigenvalue weighted by Crippen LogP contribution is 2.22. The summed E-state index contributed by atoms with van der Waals surface area (Å²) in [5, 5.41) is 18.7. The van der Waals surface area contributed by atoms with Gasteiger partial charge in [0, 0.05) is 58.0 Å². The standard InChI is InChI=1S/C23H37N7O4S/c1-18(2)25-8-9-26-22(31)16-28(21-14-20(15-24)7-6-19(21)3)17-23(32)27(4)29-10-12-30(13-11-29)35(5,33)34/h6-7,14,18,25H,8-13,16-17H2,1-5H3,(H,26,31). The van der Waals surface area contributed by atoms with Gasteiger partial charge in [0.05, 0.1) is 31.0 Å². The zero-order chi connectivity index (χ0) is 26.2. The first-order valence-corrected chi connectivity index (χ1v) is 13.5. The van der Waals surface area contributed by atoms with Crippen molar-refractivity contribution in [2.45, 2.75) is 26.8 Å². The van der Waals surface area contributed by atoms with Crippen molar-refractivity contribution in [2.75, 3.05) is 70.6 Å². The number of aryl methyl sites for hydroxylation is 1. The molecule has 2 N–H and O–H groups in total. The van der Waals surface area contributed by atoms with Gasteiger partial charge in [-0.25, -0.2) is 13.4 Å². The second-order valence-corrected chi connectivity index (χ2v) is 10.9. The lowest BCUT2D eigenvalue weighted by atomic mass is 10.1. The van der Waals surface area contributed by atoms with Crippen molar-refractivity contribution in [1.29, 1.82) is 5.26 Å². The molecule has 1 aliphatic heterocycles. The zero-order valence-corrected chi connectivity index (χ0v) is 22.1. The average molecular weight is 508 g/mol. The van der Waals surface area contributed by atoms with Crippen LogP contribution in [0, 0.1) is 18.3 Å². The normalized spacial score (nSPS) is 15.0. The maximum atomic E-state index is 13.2. The van der Waals surface area contributed by atoms with Gasteiger partial charge in [0.25, 0.3) is 5.91 Å². The van der Waals surface area contributed by atoms with E-state index in [0.717, 1.165) is 5.56 Å². The third-order valence-corrected chi connectivity index (χ3v) is 7.11. The van der Waals surface area contributed by atoms with E-state index in [4.69, 9.17) is 0 Å². The van der Waals surface area contributed by atoms with Gasteiger partial charge in [0.1, 0.15) is 0 Å². The quantitative estimate of drug-likeness (QED) is 0.392. The van der Waals surface area contributed by atoms with Crippen molar-refractivity contribution in [3.8, 4) is 6.07 Å². The van der Waals surface area contributed by atoms with E-state index < -0.39 is 10.0 Å². The molecule has 0 atom stereocenters. The fraction of sp³-hybridized carbons (Fsp3) is 0.609. The largest absolute Gasteiger partial charge is 0.353 e. The monoisotopic (exact) mass is 507 g/mol. The molecule has 1 aromatic carbocycles. The SMILES string of the molecule is Cc1ccc(C#N)cc1N(CC(=O)NCCNC(C)C)CC(=O)N(C)N1CCN(S(C)(=O)=O)CC1. The highest BCUT2D eigenvalue weighted by atomic mass is 32.2. The number of hydrogen-bond donors (Lipinski definition) is 2. The highest BCUT2D eigenvalue weighted by Gasteiger charge is 2.28. The van der Waals surface area contributed by atoms with Gasteiger partial charge in [-0.2, -0.15) is 9.57 Å². The summed E-state index contributed by atoms with van der Waals surface area (Å²) in [6.45, 7) is 8.28. The number of amides is 2. The van der Waals surface area contributed by atoms with Gasteiger partial charge < -0.3 is 15.5 Å². The molecule has 0 aromatic heterocycles. The predicted molar refractivity (Wildman–Crippen MR) is 135 cm³/mol. The molecule has 0 bridgehead atoms. The predicted octanol–water partition coefficient (Wildman–Crippen LogP) is -0.262. The molecule has 2 rings (SSSR count). The van der Waals surface area contributed by atoms with E-state index in [9.17, 15) is 23.3 Å². The maximum absolute atomic E-state index is 13.2. The first-order valence-electron chi connectivity index (χ1n) is 11.6. The third-order valence-electron chi connectivity index (χ3n) is 5.81. The Bertz CT molecular complexity index is 1030. The summed E-state index contributed by atoms with van der Waals surface area (Å²) in [6, 6.07) is 7.59. The van der Waals surface area contributed by atoms with Crippen LogP contribution in [0.4, 0.5) is 5.69 Å². The Morgan fingerprint density at radius 2 is 1.80 bits per heavy atom. The smallest absolute Gasteiger partial charge is 0.256 e. The number of nitrogens with zero attached hydrogens (tertiary/aromatic N) is 5. The van der Waals surface area contributed by atoms with Gasteiger partial charge in [-0.1, -0.05) is 19.9 Å². The van der Waals surface area contributed by atoms with Crippen LogP contribution >= 0.6 is 0 Å². The van der Waals surface area contributed by atoms with Crippen LogP contribution in [0.3, 0.4) is 0 Å². The number of sulfonamides is 1. The van der Waals surface area contributed by atoms with Crippen LogP contribution in [-0.2, 0) is 19.6 Å². The summed E-state index contributed by atoms with van der Waals surface area (Å²) < 4.78 is 24.9. The Labute approximate surface area is 208 Å². The number of hydrazine groups is 1. The van der Waals surface area contributed by atoms with Gasteiger partial charge in [-0.15, -0.1) is 0 Å². The molecule has 0 aliphatic carbocycles. The summed E-state index contributed by atoms with van der Waals surface area (Å²) in [5.74, 6) is -0.469. The summed E-state index contributed by atoms with van der Waals surface area (Å²) >= 11 is 0. The number of nitrogens with one attached hydrogen (secondary N) is 2. The van der Waals surface area contributed by atoms with Gasteiger partial charge in [0.15, 0.2) is 0 Å². The van der Waals surface area contributed by atoms with Crippen molar-refractivity contribution in [3.63, 3.8) is 0 Å². The zero-order valence-electron chi connectivity index (χ0n) is 21.2. The maximum Gasteiger partial charge on any atom is 0.256 e. The second-order valence-electron chi connectivity index (χ2n) is 8.96. The molecular weight excluding hydrogens is 470 g/mol. The number of benzene rings is 1. The minimum Gasteiger partial charge on any atom is -0.353 e. The Morgan fingerprint density at radius 1 is 1.14 bits per heavy atom. The Balaban J connectivity index is 2.11. The van der Waals surface area contributed by atoms with Gasteiger partial charge >= 0.3 is 0 Å². The van der Waals surface area contributed by atoms with Crippen molar-refractivity contribution < 1.29 is 18.0 Å². The van der Waals surface area contributed by atoms with Crippen LogP contribution in [0.1, 0.15) is 25.0 Å². The van der Waals surface area contributed by atoms with Crippen molar-refractivity contribution in [3.05, 3.63) is 29.3 Å². The van der Waals surface area contributed by atoms with Crippen molar-refractivity contribution in [2.24, 2.45) is 0 Å². The molecule has 1 heterocycles. The topological polar surface area (TPSA) is 129 Å². The molecule has 0 saturated carbocycles. The molecule has 1 aromatic rings. The van der Waals surface area contributed by atoms with Crippen molar-refractivity contribution >= 4 is 27.5 Å². The molecule has 2 amide bonds. The minimum atomic E-state index is -3.27. The van der Waals surface area contributed by atoms with Crippen LogP contribution < -0.4 is 15.5 Å². The van der Waals surface area contributed by atoms with E-state index in [2.05, 4.69) is 16.7 Å². The third kappa shape index (κ3) is 8.78. The lowest BCUT2D eigenvalue weighted by Gasteiger charge is -2.39. The molecular formula is C23H37N7O4S. The lowest BCUT2D eigenvalue weighted by Crippen LogP contribution is -2.56. The number of piperazine rings is 1. The number of carbonyl (C=O) groups excluding carboxylic acids is 2. The number of rotatable bonds is 11. The second kappa shape index (κ2) is 12.8. The van der Waals surface area contributed by atoms with Crippen LogP contribution in [0.5, 0.6) is 0 Å². The fourth-order valence-corrected chi connectivity index (χ4v) is 4.60. The number of likely N-dealkylation sites (N-methyl/N-ethyl adjacent to an activating group) is 1. The number of hydrogen-bond acceptors (Lipinski definition) is 8. The number of carbonyl (C=O) groups is 2. The number of nitriles is 1. The first-order chi connectivity index (χ1) is 16.4. The molecule has 0 spiro atoms. The summed E-state index contributed by atoms with van der Waals surface area (Å²) in [6.07, 6.45) is 1.18. The van der Waals surface area contributed by atoms with E-state index in [1.165, 1.54) is 15.6 Å². The van der Waals surface area contributed by atoms with E-state index in [0.29, 0.717) is 56.6 Å². The molecule has 1 saturated heterocycles. The van der Waals surface area contributed by atoms with Crippen LogP contribution in [0.2, 0.25) is 0 Å². The van der Waals surface area contributed by atoms with Gasteiger partial charge in [0.2, 0.25) is 15.9 Å². The molecule has 0 radical (unpaired) electrons. The van der Waals surface area contributed by atoms with Crippen LogP contribution in [0.25, 0.3) is 0 Å². The molecule has 12 heteroatoms. The Hall–Kier alpha value is -2.72. The lowest BCUT2D eigenvalue weighted by molar-refractivity contribution is -0.146. The molecule has 11 nitrogen and oxygen atoms in total. The van der Waals surface area contributed by atoms with Crippen LogP contribution in [-0.4, -0.2) is 106 Å². The molecule has 1 fully saturated rings. The van der Waals surface area contributed by atoms with E-state index >= 15 is 0 Å². The van der Waals surface area contributed by atoms with Crippen molar-refractivity contribution in [1.82, 2.24) is 25.0 Å². The molecule has 1 aliphatic rings.